The molecule has 0 aliphatic carbocycles. The number of hydrogen-bond donors (Lipinski definition) is 1. The first-order chi connectivity index (χ1) is 13.0. The molecule has 0 aliphatic rings. The minimum Gasteiger partial charge on any atom is -0.481 e. The number of hydrogen-bond acceptors (Lipinski definition) is 3. The highest BCUT2D eigenvalue weighted by Gasteiger charge is 2.28. The molecule has 0 aromatic heterocycles. The molecule has 1 unspecified atom stereocenters. The van der Waals surface area contributed by atoms with Gasteiger partial charge in [0, 0.05) is 18.6 Å². The Morgan fingerprint density at radius 3 is 2.48 bits per heavy atom. The van der Waals surface area contributed by atoms with E-state index in [9.17, 15) is 14.0 Å². The van der Waals surface area contributed by atoms with E-state index in [0.717, 1.165) is 0 Å². The number of nitrogens with one attached hydrogen (secondary N) is 1. The summed E-state index contributed by atoms with van der Waals surface area (Å²) in [6.07, 6.45) is 0.412. The smallest absolute Gasteiger partial charge is 0.261 e. The minimum absolute atomic E-state index is 0.0171. The number of nitrogens with zero attached hydrogens (tertiary/aromatic N) is 1. The van der Waals surface area contributed by atoms with Crippen LogP contribution in [-0.2, 0) is 16.1 Å². The summed E-state index contributed by atoms with van der Waals surface area (Å²) in [5, 5.41) is 3.07. The van der Waals surface area contributed by atoms with E-state index in [1.165, 1.54) is 30.1 Å². The number of ether oxygens (including phenoxy) is 1. The molecule has 27 heavy (non-hydrogen) atoms. The molecule has 1 N–H and O–H groups in total. The molecule has 5 nitrogen and oxygen atoms in total. The summed E-state index contributed by atoms with van der Waals surface area (Å²) in [6, 6.07) is 12.2. The lowest BCUT2D eigenvalue weighted by atomic mass is 10.1. The monoisotopic (exact) mass is 392 g/mol. The zero-order chi connectivity index (χ0) is 19.8. The molecular formula is C20H22ClFN2O3. The lowest BCUT2D eigenvalue weighted by molar-refractivity contribution is -0.142. The van der Waals surface area contributed by atoms with Crippen molar-refractivity contribution in [3.05, 3.63) is 64.9 Å². The molecule has 2 rings (SSSR count). The number of rotatable bonds is 8. The number of carbonyl (C=O) groups is 2. The molecule has 0 saturated carbocycles. The predicted molar refractivity (Wildman–Crippen MR) is 102 cm³/mol. The molecule has 7 heteroatoms. The number of benzene rings is 2. The predicted octanol–water partition coefficient (Wildman–Crippen LogP) is 3.41. The first-order valence-corrected chi connectivity index (χ1v) is 8.97. The van der Waals surface area contributed by atoms with Crippen LogP contribution < -0.4 is 10.1 Å². The number of carbonyl (C=O) groups excluding carboxylic acids is 2. The van der Waals surface area contributed by atoms with Gasteiger partial charge in [-0.3, -0.25) is 9.59 Å². The van der Waals surface area contributed by atoms with E-state index >= 15 is 0 Å². The van der Waals surface area contributed by atoms with Gasteiger partial charge in [0.05, 0.1) is 0 Å². The van der Waals surface area contributed by atoms with Gasteiger partial charge in [0.2, 0.25) is 5.91 Å². The molecule has 0 saturated heterocycles. The quantitative estimate of drug-likeness (QED) is 0.749. The summed E-state index contributed by atoms with van der Waals surface area (Å²) in [7, 11) is 1.51. The minimum atomic E-state index is -0.692. The average Bonchev–Trinajstić information content (AvgIpc) is 2.68. The number of halogens is 2. The van der Waals surface area contributed by atoms with Crippen LogP contribution in [0.5, 0.6) is 5.75 Å². The topological polar surface area (TPSA) is 58.6 Å². The summed E-state index contributed by atoms with van der Waals surface area (Å²) in [5.74, 6) is -1.30. The van der Waals surface area contributed by atoms with Crippen molar-refractivity contribution >= 4 is 23.4 Å². The maximum absolute atomic E-state index is 13.7. The van der Waals surface area contributed by atoms with Crippen LogP contribution in [0.4, 0.5) is 4.39 Å². The molecule has 0 fully saturated rings. The van der Waals surface area contributed by atoms with Crippen molar-refractivity contribution in [2.45, 2.75) is 25.9 Å². The average molecular weight is 393 g/mol. The Bertz CT molecular complexity index is 800. The summed E-state index contributed by atoms with van der Waals surface area (Å²) in [4.78, 5) is 26.5. The van der Waals surface area contributed by atoms with Crippen LogP contribution in [0.3, 0.4) is 0 Å². The SMILES string of the molecule is CCC(C(=O)NC)N(Cc1ccccc1Cl)C(=O)COc1ccccc1F. The lowest BCUT2D eigenvalue weighted by Crippen LogP contribution is -2.49. The van der Waals surface area contributed by atoms with Crippen molar-refractivity contribution in [2.24, 2.45) is 0 Å². The lowest BCUT2D eigenvalue weighted by Gasteiger charge is -2.30. The van der Waals surface area contributed by atoms with Crippen molar-refractivity contribution in [2.75, 3.05) is 13.7 Å². The van der Waals surface area contributed by atoms with E-state index in [1.807, 2.05) is 6.92 Å². The number of likely N-dealkylation sites (N-methyl/N-ethyl adjacent to an activating group) is 1. The molecule has 0 bridgehead atoms. The highest BCUT2D eigenvalue weighted by Crippen LogP contribution is 2.20. The Kier molecular flexibility index (Phi) is 7.61. The Balaban J connectivity index is 2.22. The normalized spacial score (nSPS) is 11.6. The molecule has 2 aromatic rings. The molecular weight excluding hydrogens is 371 g/mol. The largest absolute Gasteiger partial charge is 0.481 e. The van der Waals surface area contributed by atoms with E-state index in [2.05, 4.69) is 5.32 Å². The van der Waals surface area contributed by atoms with Gasteiger partial charge >= 0.3 is 0 Å². The molecule has 0 spiro atoms. The fourth-order valence-corrected chi connectivity index (χ4v) is 2.88. The second kappa shape index (κ2) is 9.92. The standard InChI is InChI=1S/C20H22ClFN2O3/c1-3-17(20(26)23-2)24(12-14-8-4-5-9-15(14)21)19(25)13-27-18-11-7-6-10-16(18)22/h4-11,17H,3,12-13H2,1-2H3,(H,23,26). The van der Waals surface area contributed by atoms with Gasteiger partial charge in [0.1, 0.15) is 6.04 Å². The second-order valence-corrected chi connectivity index (χ2v) is 6.28. The van der Waals surface area contributed by atoms with Crippen molar-refractivity contribution in [3.63, 3.8) is 0 Å². The fourth-order valence-electron chi connectivity index (χ4n) is 2.68. The molecule has 0 aliphatic heterocycles. The maximum Gasteiger partial charge on any atom is 0.261 e. The van der Waals surface area contributed by atoms with Crippen molar-refractivity contribution in [3.8, 4) is 5.75 Å². The fraction of sp³-hybridized carbons (Fsp3) is 0.300. The van der Waals surface area contributed by atoms with Crippen molar-refractivity contribution < 1.29 is 18.7 Å². The van der Waals surface area contributed by atoms with Gasteiger partial charge in [-0.15, -0.1) is 0 Å². The second-order valence-electron chi connectivity index (χ2n) is 5.87. The summed E-state index contributed by atoms with van der Waals surface area (Å²) in [6.45, 7) is 1.56. The van der Waals surface area contributed by atoms with Crippen LogP contribution >= 0.6 is 11.6 Å². The van der Waals surface area contributed by atoms with Gasteiger partial charge < -0.3 is 15.0 Å². The van der Waals surface area contributed by atoms with E-state index in [-0.39, 0.29) is 24.8 Å². The van der Waals surface area contributed by atoms with E-state index in [1.54, 1.807) is 30.3 Å². The molecule has 0 heterocycles. The number of para-hydroxylation sites is 1. The Labute approximate surface area is 163 Å². The number of amides is 2. The first kappa shape index (κ1) is 20.7. The highest BCUT2D eigenvalue weighted by atomic mass is 35.5. The van der Waals surface area contributed by atoms with Crippen molar-refractivity contribution in [1.29, 1.82) is 0 Å². The molecule has 1 atom stereocenters. The summed E-state index contributed by atoms with van der Waals surface area (Å²) < 4.78 is 19.0. The zero-order valence-corrected chi connectivity index (χ0v) is 16.0. The summed E-state index contributed by atoms with van der Waals surface area (Å²) in [5.41, 5.74) is 0.709. The van der Waals surface area contributed by atoms with Crippen LogP contribution in [0, 0.1) is 5.82 Å². The van der Waals surface area contributed by atoms with Gasteiger partial charge in [-0.05, 0) is 30.2 Å². The van der Waals surface area contributed by atoms with Crippen LogP contribution in [0.15, 0.2) is 48.5 Å². The van der Waals surface area contributed by atoms with Gasteiger partial charge in [-0.1, -0.05) is 48.9 Å². The first-order valence-electron chi connectivity index (χ1n) is 8.59. The third-order valence-electron chi connectivity index (χ3n) is 4.12. The molecule has 144 valence electrons. The Morgan fingerprint density at radius 1 is 1.19 bits per heavy atom. The van der Waals surface area contributed by atoms with Gasteiger partial charge in [0.15, 0.2) is 18.2 Å². The maximum atomic E-state index is 13.7. The van der Waals surface area contributed by atoms with Gasteiger partial charge in [0.25, 0.3) is 5.91 Å². The molecule has 2 amide bonds. The van der Waals surface area contributed by atoms with Crippen molar-refractivity contribution in [1.82, 2.24) is 10.2 Å². The third kappa shape index (κ3) is 5.44. The Hall–Kier alpha value is -2.60. The van der Waals surface area contributed by atoms with Gasteiger partial charge in [-0.25, -0.2) is 4.39 Å². The van der Waals surface area contributed by atoms with Crippen LogP contribution in [-0.4, -0.2) is 36.4 Å². The Morgan fingerprint density at radius 2 is 1.85 bits per heavy atom. The highest BCUT2D eigenvalue weighted by molar-refractivity contribution is 6.31. The van der Waals surface area contributed by atoms with Gasteiger partial charge in [-0.2, -0.15) is 0 Å². The van der Waals surface area contributed by atoms with Crippen LogP contribution in [0.2, 0.25) is 5.02 Å². The zero-order valence-electron chi connectivity index (χ0n) is 15.2. The van der Waals surface area contributed by atoms with Crippen LogP contribution in [0.25, 0.3) is 0 Å². The summed E-state index contributed by atoms with van der Waals surface area (Å²) >= 11 is 6.21. The van der Waals surface area contributed by atoms with E-state index in [4.69, 9.17) is 16.3 Å². The molecule has 0 radical (unpaired) electrons. The van der Waals surface area contributed by atoms with E-state index in [0.29, 0.717) is 17.0 Å². The third-order valence-corrected chi connectivity index (χ3v) is 4.49. The van der Waals surface area contributed by atoms with E-state index < -0.39 is 17.8 Å². The molecule has 2 aromatic carbocycles. The van der Waals surface area contributed by atoms with Crippen LogP contribution in [0.1, 0.15) is 18.9 Å².